The number of hydrogen-bond acceptors (Lipinski definition) is 2. The predicted octanol–water partition coefficient (Wildman–Crippen LogP) is 2.02. The fourth-order valence-corrected chi connectivity index (χ4v) is 2.41. The zero-order valence-electron chi connectivity index (χ0n) is 11.2. The Balaban J connectivity index is 2.73. The van der Waals surface area contributed by atoms with E-state index in [0.29, 0.717) is 11.9 Å². The normalized spacial score (nSPS) is 21.5. The monoisotopic (exact) mass is 226 g/mol. The Morgan fingerprint density at radius 3 is 2.38 bits per heavy atom. The predicted molar refractivity (Wildman–Crippen MR) is 67.4 cm³/mol. The quantitative estimate of drug-likeness (QED) is 0.795. The third-order valence-corrected chi connectivity index (χ3v) is 3.95. The molecule has 3 heteroatoms. The number of piperidine rings is 1. The summed E-state index contributed by atoms with van der Waals surface area (Å²) in [6, 6.07) is 0.365. The highest BCUT2D eigenvalue weighted by Crippen LogP contribution is 2.31. The van der Waals surface area contributed by atoms with E-state index in [-0.39, 0.29) is 5.41 Å². The molecule has 16 heavy (non-hydrogen) atoms. The molecule has 0 aromatic heterocycles. The summed E-state index contributed by atoms with van der Waals surface area (Å²) in [6.45, 7) is 11.3. The number of carbonyl (C=O) groups is 1. The van der Waals surface area contributed by atoms with Crippen LogP contribution in [0, 0.1) is 5.41 Å². The largest absolute Gasteiger partial charge is 0.340 e. The van der Waals surface area contributed by atoms with E-state index in [0.717, 1.165) is 38.9 Å². The fourth-order valence-electron chi connectivity index (χ4n) is 2.41. The topological polar surface area (TPSA) is 32.3 Å². The molecular formula is C13H26N2O. The van der Waals surface area contributed by atoms with Gasteiger partial charge in [-0.25, -0.2) is 0 Å². The van der Waals surface area contributed by atoms with Gasteiger partial charge in [-0.05, 0) is 46.2 Å². The Kier molecular flexibility index (Phi) is 4.78. The lowest BCUT2D eigenvalue weighted by atomic mass is 9.79. The van der Waals surface area contributed by atoms with Crippen LogP contribution in [0.5, 0.6) is 0 Å². The Morgan fingerprint density at radius 2 is 1.94 bits per heavy atom. The number of carbonyl (C=O) groups excluding carboxylic acids is 1. The van der Waals surface area contributed by atoms with Crippen molar-refractivity contribution in [1.82, 2.24) is 10.2 Å². The van der Waals surface area contributed by atoms with Gasteiger partial charge in [0, 0.05) is 18.0 Å². The molecule has 1 fully saturated rings. The van der Waals surface area contributed by atoms with Crippen LogP contribution < -0.4 is 5.32 Å². The highest BCUT2D eigenvalue weighted by molar-refractivity contribution is 5.82. The second kappa shape index (κ2) is 5.67. The molecule has 1 N–H and O–H groups in total. The second-order valence-corrected chi connectivity index (χ2v) is 5.16. The second-order valence-electron chi connectivity index (χ2n) is 5.16. The Bertz CT molecular complexity index is 234. The lowest BCUT2D eigenvalue weighted by Gasteiger charge is -2.39. The van der Waals surface area contributed by atoms with E-state index in [1.807, 2.05) is 4.90 Å². The van der Waals surface area contributed by atoms with Crippen LogP contribution in [0.25, 0.3) is 0 Å². The summed E-state index contributed by atoms with van der Waals surface area (Å²) >= 11 is 0. The van der Waals surface area contributed by atoms with Crippen LogP contribution in [-0.4, -0.2) is 36.5 Å². The van der Waals surface area contributed by atoms with Gasteiger partial charge in [0.25, 0.3) is 0 Å². The number of amides is 1. The lowest BCUT2D eigenvalue weighted by Crippen LogP contribution is -2.50. The first-order chi connectivity index (χ1) is 7.55. The smallest absolute Gasteiger partial charge is 0.228 e. The molecule has 0 saturated carbocycles. The Morgan fingerprint density at radius 1 is 1.38 bits per heavy atom. The molecule has 1 heterocycles. The third kappa shape index (κ3) is 2.76. The summed E-state index contributed by atoms with van der Waals surface area (Å²) in [7, 11) is 0. The van der Waals surface area contributed by atoms with E-state index < -0.39 is 0 Å². The Hall–Kier alpha value is -0.570. The number of nitrogens with one attached hydrogen (secondary N) is 1. The first-order valence-corrected chi connectivity index (χ1v) is 6.57. The van der Waals surface area contributed by atoms with Crippen molar-refractivity contribution in [1.29, 1.82) is 0 Å². The third-order valence-electron chi connectivity index (χ3n) is 3.95. The van der Waals surface area contributed by atoms with E-state index in [2.05, 4.69) is 33.0 Å². The van der Waals surface area contributed by atoms with Gasteiger partial charge in [0.1, 0.15) is 0 Å². The highest BCUT2D eigenvalue weighted by Gasteiger charge is 2.38. The summed E-state index contributed by atoms with van der Waals surface area (Å²) in [6.07, 6.45) is 2.98. The maximum Gasteiger partial charge on any atom is 0.228 e. The van der Waals surface area contributed by atoms with Crippen LogP contribution in [-0.2, 0) is 4.79 Å². The highest BCUT2D eigenvalue weighted by atomic mass is 16.2. The van der Waals surface area contributed by atoms with Gasteiger partial charge in [-0.3, -0.25) is 4.79 Å². The number of rotatable bonds is 4. The van der Waals surface area contributed by atoms with Crippen molar-refractivity contribution in [2.75, 3.05) is 19.6 Å². The van der Waals surface area contributed by atoms with Gasteiger partial charge >= 0.3 is 0 Å². The summed E-state index contributed by atoms with van der Waals surface area (Å²) in [5.74, 6) is 0.353. The first-order valence-electron chi connectivity index (χ1n) is 6.57. The van der Waals surface area contributed by atoms with Crippen molar-refractivity contribution in [2.45, 2.75) is 53.0 Å². The van der Waals surface area contributed by atoms with E-state index in [1.165, 1.54) is 0 Å². The van der Waals surface area contributed by atoms with Crippen molar-refractivity contribution >= 4 is 5.91 Å². The molecule has 0 bridgehead atoms. The number of hydrogen-bond donors (Lipinski definition) is 1. The molecular weight excluding hydrogens is 200 g/mol. The van der Waals surface area contributed by atoms with Gasteiger partial charge in [-0.1, -0.05) is 13.8 Å². The minimum absolute atomic E-state index is 0.134. The maximum atomic E-state index is 12.5. The standard InChI is InChI=1S/C13H26N2O/c1-5-11(3)15(6-2)12(16)13(4)7-9-14-10-8-13/h11,14H,5-10H2,1-4H3. The van der Waals surface area contributed by atoms with Crippen LogP contribution >= 0.6 is 0 Å². The molecule has 0 spiro atoms. The lowest BCUT2D eigenvalue weighted by molar-refractivity contribution is -0.144. The van der Waals surface area contributed by atoms with Crippen LogP contribution in [0.3, 0.4) is 0 Å². The van der Waals surface area contributed by atoms with Gasteiger partial charge in [-0.2, -0.15) is 0 Å². The van der Waals surface area contributed by atoms with Gasteiger partial charge in [0.05, 0.1) is 0 Å². The SMILES string of the molecule is CCC(C)N(CC)C(=O)C1(C)CCNCC1. The molecule has 94 valence electrons. The van der Waals surface area contributed by atoms with Crippen LogP contribution in [0.4, 0.5) is 0 Å². The molecule has 0 aliphatic carbocycles. The van der Waals surface area contributed by atoms with Crippen molar-refractivity contribution in [3.8, 4) is 0 Å². The van der Waals surface area contributed by atoms with Gasteiger partial charge in [0.2, 0.25) is 5.91 Å². The minimum Gasteiger partial charge on any atom is -0.340 e. The van der Waals surface area contributed by atoms with E-state index in [1.54, 1.807) is 0 Å². The number of nitrogens with zero attached hydrogens (tertiary/aromatic N) is 1. The van der Waals surface area contributed by atoms with Crippen LogP contribution in [0.1, 0.15) is 47.0 Å². The summed E-state index contributed by atoms with van der Waals surface area (Å²) in [5, 5.41) is 3.32. The average molecular weight is 226 g/mol. The van der Waals surface area contributed by atoms with Crippen molar-refractivity contribution in [2.24, 2.45) is 5.41 Å². The molecule has 0 aromatic rings. The van der Waals surface area contributed by atoms with Gasteiger partial charge in [-0.15, -0.1) is 0 Å². The summed E-state index contributed by atoms with van der Waals surface area (Å²) in [5.41, 5.74) is -0.134. The van der Waals surface area contributed by atoms with Gasteiger partial charge < -0.3 is 10.2 Å². The summed E-state index contributed by atoms with van der Waals surface area (Å²) < 4.78 is 0. The molecule has 0 aromatic carbocycles. The maximum absolute atomic E-state index is 12.5. The molecule has 3 nitrogen and oxygen atoms in total. The molecule has 1 saturated heterocycles. The molecule has 1 unspecified atom stereocenters. The van der Waals surface area contributed by atoms with E-state index in [9.17, 15) is 4.79 Å². The van der Waals surface area contributed by atoms with Crippen molar-refractivity contribution in [3.05, 3.63) is 0 Å². The first kappa shape index (κ1) is 13.5. The molecule has 1 amide bonds. The van der Waals surface area contributed by atoms with Crippen LogP contribution in [0.2, 0.25) is 0 Å². The molecule has 0 radical (unpaired) electrons. The summed E-state index contributed by atoms with van der Waals surface area (Å²) in [4.78, 5) is 14.6. The zero-order chi connectivity index (χ0) is 12.2. The average Bonchev–Trinajstić information content (AvgIpc) is 2.30. The fraction of sp³-hybridized carbons (Fsp3) is 0.923. The van der Waals surface area contributed by atoms with E-state index >= 15 is 0 Å². The Labute approximate surface area is 99.6 Å². The molecule has 1 rings (SSSR count). The van der Waals surface area contributed by atoms with Crippen molar-refractivity contribution < 1.29 is 4.79 Å². The van der Waals surface area contributed by atoms with Gasteiger partial charge in [0.15, 0.2) is 0 Å². The minimum atomic E-state index is -0.134. The molecule has 1 aliphatic heterocycles. The van der Waals surface area contributed by atoms with Crippen molar-refractivity contribution in [3.63, 3.8) is 0 Å². The molecule has 1 aliphatic rings. The zero-order valence-corrected chi connectivity index (χ0v) is 11.2. The molecule has 1 atom stereocenters. The van der Waals surface area contributed by atoms with Crippen LogP contribution in [0.15, 0.2) is 0 Å². The van der Waals surface area contributed by atoms with E-state index in [4.69, 9.17) is 0 Å².